The predicted octanol–water partition coefficient (Wildman–Crippen LogP) is 7.35. The summed E-state index contributed by atoms with van der Waals surface area (Å²) in [6, 6.07) is 7.98. The Hall–Kier alpha value is -5.07. The highest BCUT2D eigenvalue weighted by Crippen LogP contribution is 2.54. The number of carbonyl (C=O) groups excluding carboxylic acids is 1. The molecule has 5 aromatic rings. The summed E-state index contributed by atoms with van der Waals surface area (Å²) in [5, 5.41) is 21.8. The van der Waals surface area contributed by atoms with E-state index in [9.17, 15) is 27.5 Å². The van der Waals surface area contributed by atoms with E-state index in [0.717, 1.165) is 12.1 Å². The number of alkyl halides is 4. The number of hydrogen-bond acceptors (Lipinski definition) is 6. The van der Waals surface area contributed by atoms with E-state index in [1.54, 1.807) is 31.3 Å². The SMILES string of the molecule is C[C@@H]1c2c(C(F)F)nn(CC(=O)N[C@@H](Cc3cc(F)cc(F)c3)c3nc(C#CC(C)(C)O)ccc3-c3ccc(Cl)c4c(N)nn(C)c34)c2C(F)(F)[C@@H]1C. The molecule has 53 heavy (non-hydrogen) atoms. The molecule has 0 spiro atoms. The van der Waals surface area contributed by atoms with E-state index >= 15 is 8.78 Å². The Morgan fingerprint density at radius 3 is 2.38 bits per heavy atom. The molecular formula is C37H34ClF6N7O2. The van der Waals surface area contributed by atoms with Crippen LogP contribution in [0.3, 0.4) is 0 Å². The monoisotopic (exact) mass is 757 g/mol. The second kappa shape index (κ2) is 13.7. The number of nitrogen functional groups attached to an aromatic ring is 1. The third-order valence-electron chi connectivity index (χ3n) is 9.31. The first-order valence-electron chi connectivity index (χ1n) is 16.5. The molecule has 0 fully saturated rings. The zero-order chi connectivity index (χ0) is 38.7. The average molecular weight is 758 g/mol. The largest absolute Gasteiger partial charge is 0.382 e. The van der Waals surface area contributed by atoms with Crippen molar-refractivity contribution < 1.29 is 36.2 Å². The Bertz CT molecular complexity index is 2300. The standard InChI is InChI=1S/C37H34ClF6N7O2/c1-17-18(2)37(43,44)33-28(17)31(34(41)42)48-51(33)16-27(52)47-26(14-19-12-20(39)15-21(40)13-19)30-23(7-6-22(46-30)10-11-36(3,4)53)24-8-9-25(38)29-32(24)50(5)49-35(29)45/h6-9,12-13,15,17-18,26,34,53H,14,16H2,1-5H3,(H2,45,49)(H,47,52)/t17-,18+,26-/m0/s1. The number of nitrogens with one attached hydrogen (secondary N) is 1. The molecule has 3 atom stereocenters. The zero-order valence-corrected chi connectivity index (χ0v) is 29.8. The number of aromatic nitrogens is 5. The Kier molecular flexibility index (Phi) is 9.76. The average Bonchev–Trinajstić information content (AvgIpc) is 3.65. The molecule has 278 valence electrons. The molecule has 2 aromatic carbocycles. The number of carbonyl (C=O) groups is 1. The lowest BCUT2D eigenvalue weighted by Gasteiger charge is -2.23. The van der Waals surface area contributed by atoms with Gasteiger partial charge in [-0.15, -0.1) is 0 Å². The van der Waals surface area contributed by atoms with Gasteiger partial charge in [0.15, 0.2) is 5.82 Å². The molecule has 16 heteroatoms. The van der Waals surface area contributed by atoms with Gasteiger partial charge in [-0.25, -0.2) is 22.5 Å². The molecule has 1 aliphatic rings. The van der Waals surface area contributed by atoms with Gasteiger partial charge in [-0.1, -0.05) is 37.4 Å². The molecule has 1 aliphatic carbocycles. The van der Waals surface area contributed by atoms with Crippen molar-refractivity contribution >= 4 is 34.2 Å². The van der Waals surface area contributed by atoms with E-state index in [-0.39, 0.29) is 34.8 Å². The summed E-state index contributed by atoms with van der Waals surface area (Å²) in [6.45, 7) is 4.68. The van der Waals surface area contributed by atoms with Crippen molar-refractivity contribution in [3.63, 3.8) is 0 Å². The van der Waals surface area contributed by atoms with Gasteiger partial charge >= 0.3 is 0 Å². The summed E-state index contributed by atoms with van der Waals surface area (Å²) in [5.41, 5.74) is 4.54. The Labute approximate surface area is 305 Å². The number of benzene rings is 2. The lowest BCUT2D eigenvalue weighted by Crippen LogP contribution is -2.35. The van der Waals surface area contributed by atoms with E-state index in [4.69, 9.17) is 22.3 Å². The fourth-order valence-corrected chi connectivity index (χ4v) is 7.04. The van der Waals surface area contributed by atoms with Crippen LogP contribution in [0.2, 0.25) is 5.02 Å². The van der Waals surface area contributed by atoms with Crippen molar-refractivity contribution in [2.45, 2.75) is 70.6 Å². The van der Waals surface area contributed by atoms with Crippen molar-refractivity contribution in [1.82, 2.24) is 29.9 Å². The number of rotatable bonds is 8. The predicted molar refractivity (Wildman–Crippen MR) is 186 cm³/mol. The number of nitrogens with two attached hydrogens (primary N) is 1. The fraction of sp³-hybridized carbons (Fsp3) is 0.351. The van der Waals surface area contributed by atoms with Crippen molar-refractivity contribution in [1.29, 1.82) is 0 Å². The smallest absolute Gasteiger partial charge is 0.292 e. The van der Waals surface area contributed by atoms with Crippen LogP contribution in [0.5, 0.6) is 0 Å². The summed E-state index contributed by atoms with van der Waals surface area (Å²) in [5.74, 6) is -3.02. The molecule has 1 amide bonds. The number of hydrogen-bond donors (Lipinski definition) is 3. The van der Waals surface area contributed by atoms with Crippen LogP contribution in [-0.4, -0.2) is 41.2 Å². The second-order valence-electron chi connectivity index (χ2n) is 13.7. The van der Waals surface area contributed by atoms with Crippen LogP contribution in [0.4, 0.5) is 32.2 Å². The Balaban J connectivity index is 1.52. The van der Waals surface area contributed by atoms with Crippen molar-refractivity contribution in [2.24, 2.45) is 13.0 Å². The third kappa shape index (κ3) is 7.17. The number of amides is 1. The van der Waals surface area contributed by atoms with Gasteiger partial charge in [0.2, 0.25) is 5.91 Å². The van der Waals surface area contributed by atoms with Gasteiger partial charge in [-0.2, -0.15) is 19.0 Å². The highest BCUT2D eigenvalue weighted by Gasteiger charge is 2.55. The van der Waals surface area contributed by atoms with Gasteiger partial charge in [0.1, 0.15) is 40.9 Å². The fourth-order valence-electron chi connectivity index (χ4n) is 6.79. The van der Waals surface area contributed by atoms with Crippen LogP contribution in [0, 0.1) is 29.4 Å². The minimum absolute atomic E-state index is 0.0914. The molecule has 0 saturated heterocycles. The van der Waals surface area contributed by atoms with Crippen LogP contribution in [0.15, 0.2) is 42.5 Å². The van der Waals surface area contributed by atoms with Crippen molar-refractivity contribution in [2.75, 3.05) is 5.73 Å². The quantitative estimate of drug-likeness (QED) is 0.112. The molecule has 4 N–H and O–H groups in total. The van der Waals surface area contributed by atoms with E-state index in [1.807, 2.05) is 0 Å². The number of nitrogens with zero attached hydrogens (tertiary/aromatic N) is 5. The third-order valence-corrected chi connectivity index (χ3v) is 9.63. The van der Waals surface area contributed by atoms with Gasteiger partial charge in [0.05, 0.1) is 27.7 Å². The molecule has 0 aliphatic heterocycles. The van der Waals surface area contributed by atoms with Crippen LogP contribution in [-0.2, 0) is 30.7 Å². The summed E-state index contributed by atoms with van der Waals surface area (Å²) in [6.07, 6.45) is -3.46. The first kappa shape index (κ1) is 37.7. The summed E-state index contributed by atoms with van der Waals surface area (Å²) < 4.78 is 90.2. The molecular weight excluding hydrogens is 724 g/mol. The summed E-state index contributed by atoms with van der Waals surface area (Å²) >= 11 is 6.50. The topological polar surface area (TPSA) is 124 Å². The van der Waals surface area contributed by atoms with Crippen LogP contribution >= 0.6 is 11.6 Å². The number of aryl methyl sites for hydroxylation is 1. The van der Waals surface area contributed by atoms with Crippen LogP contribution in [0.25, 0.3) is 22.0 Å². The molecule has 0 saturated carbocycles. The van der Waals surface area contributed by atoms with Crippen molar-refractivity contribution in [3.8, 4) is 23.0 Å². The van der Waals surface area contributed by atoms with Gasteiger partial charge < -0.3 is 16.2 Å². The highest BCUT2D eigenvalue weighted by molar-refractivity contribution is 6.37. The Morgan fingerprint density at radius 1 is 1.08 bits per heavy atom. The van der Waals surface area contributed by atoms with E-state index in [0.29, 0.717) is 37.8 Å². The maximum Gasteiger partial charge on any atom is 0.292 e. The van der Waals surface area contributed by atoms with Gasteiger partial charge in [-0.05, 0) is 68.0 Å². The van der Waals surface area contributed by atoms with Crippen LogP contribution < -0.4 is 11.1 Å². The zero-order valence-electron chi connectivity index (χ0n) is 29.1. The van der Waals surface area contributed by atoms with E-state index in [1.165, 1.54) is 32.4 Å². The first-order chi connectivity index (χ1) is 24.8. The van der Waals surface area contributed by atoms with E-state index < -0.39 is 71.3 Å². The lowest BCUT2D eigenvalue weighted by atomic mass is 9.93. The lowest BCUT2D eigenvalue weighted by molar-refractivity contribution is -0.123. The molecule has 3 heterocycles. The normalized spacial score (nSPS) is 17.2. The van der Waals surface area contributed by atoms with Gasteiger partial charge in [0, 0.05) is 35.7 Å². The van der Waals surface area contributed by atoms with Crippen LogP contribution in [0.1, 0.15) is 80.0 Å². The van der Waals surface area contributed by atoms with E-state index in [2.05, 4.69) is 27.4 Å². The summed E-state index contributed by atoms with van der Waals surface area (Å²) in [7, 11) is 1.64. The number of fused-ring (bicyclic) bond motifs is 2. The molecule has 6 rings (SSSR count). The molecule has 0 radical (unpaired) electrons. The molecule has 3 aromatic heterocycles. The molecule has 0 unspecified atom stereocenters. The minimum atomic E-state index is -3.57. The number of aliphatic hydroxyl groups is 1. The molecule has 0 bridgehead atoms. The summed E-state index contributed by atoms with van der Waals surface area (Å²) in [4.78, 5) is 18.6. The number of halogens is 7. The first-order valence-corrected chi connectivity index (χ1v) is 16.8. The number of anilines is 1. The molecule has 9 nitrogen and oxygen atoms in total. The van der Waals surface area contributed by atoms with Gasteiger partial charge in [-0.3, -0.25) is 14.2 Å². The van der Waals surface area contributed by atoms with Gasteiger partial charge in [0.25, 0.3) is 12.3 Å². The maximum absolute atomic E-state index is 15.5. The number of pyridine rings is 1. The van der Waals surface area contributed by atoms with Crippen molar-refractivity contribution in [3.05, 3.63) is 93.0 Å². The maximum atomic E-state index is 15.5. The minimum Gasteiger partial charge on any atom is -0.382 e. The highest BCUT2D eigenvalue weighted by atomic mass is 35.5. The second-order valence-corrected chi connectivity index (χ2v) is 14.1. The Morgan fingerprint density at radius 2 is 1.74 bits per heavy atom.